The molecule has 2 N–H and O–H groups in total. The number of carbonyl (C=O) groups is 1. The van der Waals surface area contributed by atoms with Crippen LogP contribution in [0.3, 0.4) is 0 Å². The van der Waals surface area contributed by atoms with E-state index in [4.69, 9.17) is 9.47 Å². The highest BCUT2D eigenvalue weighted by molar-refractivity contribution is 5.67. The lowest BCUT2D eigenvalue weighted by molar-refractivity contribution is -0.276. The Balaban J connectivity index is 1.71. The normalized spacial score (nSPS) is 20.7. The molecule has 1 heterocycles. The van der Waals surface area contributed by atoms with Crippen LogP contribution in [0.4, 0.5) is 18.0 Å². The molecule has 1 amide bonds. The van der Waals surface area contributed by atoms with Crippen LogP contribution in [-0.4, -0.2) is 40.2 Å². The Morgan fingerprint density at radius 1 is 1.07 bits per heavy atom. The molecule has 1 fully saturated rings. The highest BCUT2D eigenvalue weighted by atomic mass is 19.4. The van der Waals surface area contributed by atoms with E-state index in [2.05, 4.69) is 25.6 Å². The number of ether oxygens (including phenoxy) is 3. The third-order valence-electron chi connectivity index (χ3n) is 3.56. The van der Waals surface area contributed by atoms with Gasteiger partial charge in [-0.1, -0.05) is 0 Å². The van der Waals surface area contributed by atoms with Crippen LogP contribution >= 0.6 is 0 Å². The molecule has 8 nitrogen and oxygen atoms in total. The molecule has 1 aromatic rings. The Bertz CT molecular complexity index is 612. The van der Waals surface area contributed by atoms with E-state index in [1.165, 1.54) is 0 Å². The van der Waals surface area contributed by atoms with Gasteiger partial charge in [0.1, 0.15) is 11.7 Å². The fraction of sp³-hybridized carbons (Fsp3) is 0.688. The molecule has 0 bridgehead atoms. The number of carbonyl (C=O) groups excluding carboxylic acids is 1. The maximum atomic E-state index is 12.1. The van der Waals surface area contributed by atoms with Gasteiger partial charge in [0.25, 0.3) is 0 Å². The number of nitrogens with one attached hydrogen (secondary N) is 2. The van der Waals surface area contributed by atoms with Crippen molar-refractivity contribution in [2.75, 3.05) is 0 Å². The fourth-order valence-corrected chi connectivity index (χ4v) is 2.50. The van der Waals surface area contributed by atoms with Gasteiger partial charge in [-0.2, -0.15) is 0 Å². The minimum absolute atomic E-state index is 0.0750. The number of halogens is 3. The SMILES string of the molecule is CC(C)(C)OC(=O)NNC1CCC(Oc2cnc(OC(F)(F)F)cn2)CC1. The molecule has 0 spiro atoms. The predicted molar refractivity (Wildman–Crippen MR) is 87.9 cm³/mol. The number of hydrogen-bond donors (Lipinski definition) is 2. The first-order chi connectivity index (χ1) is 12.5. The van der Waals surface area contributed by atoms with Crippen LogP contribution < -0.4 is 20.3 Å². The molecule has 2 rings (SSSR count). The number of hydrazine groups is 1. The lowest BCUT2D eigenvalue weighted by atomic mass is 9.93. The quantitative estimate of drug-likeness (QED) is 0.744. The molecule has 1 aliphatic carbocycles. The van der Waals surface area contributed by atoms with Gasteiger partial charge in [-0.3, -0.25) is 5.43 Å². The summed E-state index contributed by atoms with van der Waals surface area (Å²) in [5, 5.41) is 0. The summed E-state index contributed by atoms with van der Waals surface area (Å²) >= 11 is 0. The van der Waals surface area contributed by atoms with Gasteiger partial charge in [-0.05, 0) is 46.5 Å². The topological polar surface area (TPSA) is 94.6 Å². The third-order valence-corrected chi connectivity index (χ3v) is 3.56. The van der Waals surface area contributed by atoms with Gasteiger partial charge in [-0.15, -0.1) is 13.2 Å². The molecule has 1 aromatic heterocycles. The lowest BCUT2D eigenvalue weighted by Crippen LogP contribution is -2.48. The van der Waals surface area contributed by atoms with Crippen molar-refractivity contribution >= 4 is 6.09 Å². The second-order valence-electron chi connectivity index (χ2n) is 7.10. The number of hydrogen-bond acceptors (Lipinski definition) is 7. The Labute approximate surface area is 154 Å². The minimum Gasteiger partial charge on any atom is -0.473 e. The van der Waals surface area contributed by atoms with E-state index in [9.17, 15) is 18.0 Å². The van der Waals surface area contributed by atoms with Crippen LogP contribution in [0.15, 0.2) is 12.4 Å². The van der Waals surface area contributed by atoms with Crippen LogP contribution in [0.1, 0.15) is 46.5 Å². The van der Waals surface area contributed by atoms with Crippen molar-refractivity contribution in [2.45, 2.75) is 70.6 Å². The van der Waals surface area contributed by atoms with Crippen molar-refractivity contribution in [3.05, 3.63) is 12.4 Å². The van der Waals surface area contributed by atoms with Gasteiger partial charge in [0, 0.05) is 6.04 Å². The maximum Gasteiger partial charge on any atom is 0.574 e. The van der Waals surface area contributed by atoms with Gasteiger partial charge in [0.15, 0.2) is 0 Å². The summed E-state index contributed by atoms with van der Waals surface area (Å²) in [6.07, 6.45) is -0.671. The van der Waals surface area contributed by atoms with Crippen LogP contribution in [-0.2, 0) is 4.74 Å². The Hall–Kier alpha value is -2.30. The van der Waals surface area contributed by atoms with Crippen LogP contribution in [0, 0.1) is 0 Å². The number of alkyl halides is 3. The highest BCUT2D eigenvalue weighted by Crippen LogP contribution is 2.24. The monoisotopic (exact) mass is 392 g/mol. The fourth-order valence-electron chi connectivity index (χ4n) is 2.50. The molecule has 1 saturated carbocycles. The molecule has 0 aromatic carbocycles. The standard InChI is InChI=1S/C16H23F3N4O4/c1-15(2,3)27-14(24)23-22-10-4-6-11(7-5-10)25-12-8-21-13(9-20-12)26-16(17,18)19/h8-11,22H,4-7H2,1-3H3,(H,23,24). The first-order valence-electron chi connectivity index (χ1n) is 8.49. The second kappa shape index (κ2) is 8.59. The molecular weight excluding hydrogens is 369 g/mol. The second-order valence-corrected chi connectivity index (χ2v) is 7.10. The molecule has 0 saturated heterocycles. The zero-order valence-electron chi connectivity index (χ0n) is 15.3. The average molecular weight is 392 g/mol. The number of aromatic nitrogens is 2. The Morgan fingerprint density at radius 2 is 1.67 bits per heavy atom. The van der Waals surface area contributed by atoms with E-state index < -0.39 is 23.9 Å². The summed E-state index contributed by atoms with van der Waals surface area (Å²) in [7, 11) is 0. The molecular formula is C16H23F3N4O4. The molecule has 1 aliphatic rings. The lowest BCUT2D eigenvalue weighted by Gasteiger charge is -2.29. The van der Waals surface area contributed by atoms with E-state index in [1.807, 2.05) is 0 Å². The van der Waals surface area contributed by atoms with Crippen molar-refractivity contribution in [3.8, 4) is 11.8 Å². The first-order valence-corrected chi connectivity index (χ1v) is 8.49. The smallest absolute Gasteiger partial charge is 0.473 e. The van der Waals surface area contributed by atoms with Gasteiger partial charge in [0.05, 0.1) is 12.4 Å². The highest BCUT2D eigenvalue weighted by Gasteiger charge is 2.32. The van der Waals surface area contributed by atoms with Crippen LogP contribution in [0.2, 0.25) is 0 Å². The van der Waals surface area contributed by atoms with Crippen molar-refractivity contribution in [2.24, 2.45) is 0 Å². The van der Waals surface area contributed by atoms with Crippen LogP contribution in [0.25, 0.3) is 0 Å². The number of amides is 1. The summed E-state index contributed by atoms with van der Waals surface area (Å²) < 4.78 is 50.7. The zero-order valence-corrected chi connectivity index (χ0v) is 15.3. The van der Waals surface area contributed by atoms with Gasteiger partial charge in [-0.25, -0.2) is 20.2 Å². The maximum absolute atomic E-state index is 12.1. The molecule has 0 aliphatic heterocycles. The van der Waals surface area contributed by atoms with E-state index >= 15 is 0 Å². The Kier molecular flexibility index (Phi) is 6.68. The van der Waals surface area contributed by atoms with Crippen molar-refractivity contribution in [1.82, 2.24) is 20.8 Å². The Morgan fingerprint density at radius 3 is 2.19 bits per heavy atom. The van der Waals surface area contributed by atoms with Crippen molar-refractivity contribution in [3.63, 3.8) is 0 Å². The summed E-state index contributed by atoms with van der Waals surface area (Å²) in [5.41, 5.74) is 4.87. The molecule has 0 atom stereocenters. The largest absolute Gasteiger partial charge is 0.574 e. The van der Waals surface area contributed by atoms with E-state index in [-0.39, 0.29) is 18.0 Å². The molecule has 11 heteroatoms. The number of nitrogens with zero attached hydrogens (tertiary/aromatic N) is 2. The van der Waals surface area contributed by atoms with Crippen LogP contribution in [0.5, 0.6) is 11.8 Å². The van der Waals surface area contributed by atoms with Gasteiger partial charge in [0.2, 0.25) is 11.8 Å². The first kappa shape index (κ1) is 21.0. The molecule has 0 unspecified atom stereocenters. The zero-order chi connectivity index (χ0) is 20.1. The summed E-state index contributed by atoms with van der Waals surface area (Å²) in [4.78, 5) is 18.9. The van der Waals surface area contributed by atoms with Crippen molar-refractivity contribution in [1.29, 1.82) is 0 Å². The molecule has 152 valence electrons. The van der Waals surface area contributed by atoms with Crippen molar-refractivity contribution < 1.29 is 32.2 Å². The summed E-state index contributed by atoms with van der Waals surface area (Å²) in [6.45, 7) is 5.33. The van der Waals surface area contributed by atoms with E-state index in [0.717, 1.165) is 25.2 Å². The summed E-state index contributed by atoms with van der Waals surface area (Å²) in [5.74, 6) is -0.510. The molecule has 27 heavy (non-hydrogen) atoms. The predicted octanol–water partition coefficient (Wildman–Crippen LogP) is 3.09. The third kappa shape index (κ3) is 8.29. The van der Waals surface area contributed by atoms with E-state index in [1.54, 1.807) is 20.8 Å². The molecule has 0 radical (unpaired) electrons. The van der Waals surface area contributed by atoms with E-state index in [0.29, 0.717) is 12.8 Å². The average Bonchev–Trinajstić information content (AvgIpc) is 2.53. The van der Waals surface area contributed by atoms with Gasteiger partial charge >= 0.3 is 12.5 Å². The van der Waals surface area contributed by atoms with Gasteiger partial charge < -0.3 is 14.2 Å². The minimum atomic E-state index is -4.81. The number of rotatable bonds is 5. The summed E-state index contributed by atoms with van der Waals surface area (Å²) in [6, 6.07) is 0.0750.